The van der Waals surface area contributed by atoms with Gasteiger partial charge in [0.25, 0.3) is 5.91 Å². The monoisotopic (exact) mass is 453 g/mol. The third kappa shape index (κ3) is 4.35. The second-order valence-corrected chi connectivity index (χ2v) is 8.71. The van der Waals surface area contributed by atoms with Crippen LogP contribution >= 0.6 is 0 Å². The van der Waals surface area contributed by atoms with Crippen LogP contribution in [0.3, 0.4) is 0 Å². The Hall–Kier alpha value is -3.27. The zero-order chi connectivity index (χ0) is 22.9. The summed E-state index contributed by atoms with van der Waals surface area (Å²) in [7, 11) is 0. The van der Waals surface area contributed by atoms with Gasteiger partial charge in [0.2, 0.25) is 11.8 Å². The van der Waals surface area contributed by atoms with Gasteiger partial charge in [-0.15, -0.1) is 0 Å². The topological polar surface area (TPSA) is 96.7 Å². The van der Waals surface area contributed by atoms with E-state index in [1.54, 1.807) is 23.7 Å². The van der Waals surface area contributed by atoms with Crippen LogP contribution in [0.15, 0.2) is 24.7 Å². The number of carbonyl (C=O) groups is 1. The number of nitrogens with zero attached hydrogens (tertiary/aromatic N) is 5. The molecular weight excluding hydrogens is 425 g/mol. The van der Waals surface area contributed by atoms with Crippen LogP contribution in [0.2, 0.25) is 0 Å². The molecule has 0 spiro atoms. The number of anilines is 2. The van der Waals surface area contributed by atoms with Gasteiger partial charge in [0.1, 0.15) is 5.56 Å². The molecule has 2 fully saturated rings. The van der Waals surface area contributed by atoms with Gasteiger partial charge in [-0.3, -0.25) is 4.79 Å². The van der Waals surface area contributed by atoms with Gasteiger partial charge in [0.05, 0.1) is 18.0 Å². The van der Waals surface area contributed by atoms with Crippen LogP contribution in [0.25, 0.3) is 5.65 Å². The summed E-state index contributed by atoms with van der Waals surface area (Å²) >= 11 is 0. The van der Waals surface area contributed by atoms with Crippen molar-refractivity contribution in [2.75, 3.05) is 43.0 Å². The van der Waals surface area contributed by atoms with E-state index in [4.69, 9.17) is 4.74 Å². The number of pyridine rings is 1. The Morgan fingerprint density at radius 3 is 3.03 bits per heavy atom. The summed E-state index contributed by atoms with van der Waals surface area (Å²) in [5.41, 5.74) is 1.41. The van der Waals surface area contributed by atoms with Crippen molar-refractivity contribution in [2.45, 2.75) is 26.7 Å². The number of aryl methyl sites for hydroxylation is 1. The van der Waals surface area contributed by atoms with Crippen molar-refractivity contribution < 1.29 is 13.9 Å². The lowest BCUT2D eigenvalue weighted by molar-refractivity contribution is 0.102. The predicted octanol–water partition coefficient (Wildman–Crippen LogP) is 2.66. The van der Waals surface area contributed by atoms with Gasteiger partial charge >= 0.3 is 0 Å². The molecule has 0 radical (unpaired) electrons. The smallest absolute Gasteiger partial charge is 0.262 e. The molecule has 3 aromatic rings. The molecule has 2 atom stereocenters. The van der Waals surface area contributed by atoms with E-state index in [0.29, 0.717) is 29.9 Å². The molecule has 174 valence electrons. The first kappa shape index (κ1) is 21.6. The molecular formula is C23H28FN7O2. The van der Waals surface area contributed by atoms with Crippen molar-refractivity contribution in [2.24, 2.45) is 11.8 Å². The van der Waals surface area contributed by atoms with E-state index in [1.165, 1.54) is 18.7 Å². The Bertz CT molecular complexity index is 1180. The van der Waals surface area contributed by atoms with E-state index in [9.17, 15) is 9.18 Å². The molecule has 5 rings (SSSR count). The molecule has 5 heterocycles. The molecule has 33 heavy (non-hydrogen) atoms. The van der Waals surface area contributed by atoms with E-state index < -0.39 is 11.7 Å². The Kier molecular flexibility index (Phi) is 5.84. The number of fused-ring (bicyclic) bond motifs is 2. The molecule has 0 aliphatic carbocycles. The first-order chi connectivity index (χ1) is 16.0. The average Bonchev–Trinajstić information content (AvgIpc) is 3.19. The van der Waals surface area contributed by atoms with Crippen molar-refractivity contribution >= 4 is 23.2 Å². The fourth-order valence-electron chi connectivity index (χ4n) is 4.81. The highest BCUT2D eigenvalue weighted by Crippen LogP contribution is 2.31. The van der Waals surface area contributed by atoms with Gasteiger partial charge < -0.3 is 24.7 Å². The van der Waals surface area contributed by atoms with E-state index in [1.807, 2.05) is 6.92 Å². The van der Waals surface area contributed by atoms with E-state index in [0.717, 1.165) is 38.5 Å². The largest absolute Gasteiger partial charge is 0.477 e. The highest BCUT2D eigenvalue weighted by atomic mass is 19.1. The summed E-state index contributed by atoms with van der Waals surface area (Å²) < 4.78 is 21.6. The van der Waals surface area contributed by atoms with Gasteiger partial charge in [-0.1, -0.05) is 0 Å². The minimum absolute atomic E-state index is 0.206. The molecule has 0 bridgehead atoms. The number of piperidine rings is 2. The standard InChI is InChI=1S/C23H28FN7O2/c1-3-33-22-18(21(32)28-17-8-19(24)20-27-14(2)11-31(20)13-17)10-26-23(29-22)30-7-5-15-4-6-25-9-16(15)12-30/h8,10-11,13,15-16,25H,3-7,9,12H2,1-2H3,(H,28,32). The van der Waals surface area contributed by atoms with Crippen LogP contribution in [-0.2, 0) is 0 Å². The zero-order valence-corrected chi connectivity index (χ0v) is 18.8. The van der Waals surface area contributed by atoms with Crippen molar-refractivity contribution in [1.29, 1.82) is 0 Å². The molecule has 10 heteroatoms. The fourth-order valence-corrected chi connectivity index (χ4v) is 4.81. The van der Waals surface area contributed by atoms with E-state index >= 15 is 0 Å². The molecule has 2 aliphatic heterocycles. The van der Waals surface area contributed by atoms with Gasteiger partial charge in [0, 0.05) is 37.7 Å². The highest BCUT2D eigenvalue weighted by molar-refractivity contribution is 6.05. The zero-order valence-electron chi connectivity index (χ0n) is 18.8. The van der Waals surface area contributed by atoms with Crippen molar-refractivity contribution in [3.63, 3.8) is 0 Å². The first-order valence-electron chi connectivity index (χ1n) is 11.4. The molecule has 0 aromatic carbocycles. The summed E-state index contributed by atoms with van der Waals surface area (Å²) in [6.45, 7) is 7.86. The van der Waals surface area contributed by atoms with Crippen LogP contribution in [0.4, 0.5) is 16.0 Å². The number of amides is 1. The lowest BCUT2D eigenvalue weighted by atomic mass is 9.81. The van der Waals surface area contributed by atoms with Gasteiger partial charge in [0.15, 0.2) is 11.5 Å². The molecule has 2 N–H and O–H groups in total. The molecule has 0 saturated carbocycles. The second-order valence-electron chi connectivity index (χ2n) is 8.71. The number of ether oxygens (including phenoxy) is 1. The number of carbonyl (C=O) groups excluding carboxylic acids is 1. The number of hydrogen-bond donors (Lipinski definition) is 2. The van der Waals surface area contributed by atoms with Crippen molar-refractivity contribution in [1.82, 2.24) is 24.7 Å². The maximum atomic E-state index is 14.4. The number of rotatable bonds is 5. The van der Waals surface area contributed by atoms with Gasteiger partial charge in [-0.25, -0.2) is 14.4 Å². The Morgan fingerprint density at radius 1 is 1.30 bits per heavy atom. The summed E-state index contributed by atoms with van der Waals surface area (Å²) in [5.74, 6) is 1.14. The molecule has 1 amide bonds. The minimum Gasteiger partial charge on any atom is -0.477 e. The second kappa shape index (κ2) is 8.93. The Labute approximate surface area is 191 Å². The van der Waals surface area contributed by atoms with Gasteiger partial charge in [-0.2, -0.15) is 4.98 Å². The number of nitrogens with one attached hydrogen (secondary N) is 2. The first-order valence-corrected chi connectivity index (χ1v) is 11.4. The lowest BCUT2D eigenvalue weighted by Crippen LogP contribution is -2.48. The van der Waals surface area contributed by atoms with E-state index in [2.05, 4.69) is 30.5 Å². The Morgan fingerprint density at radius 2 is 2.18 bits per heavy atom. The maximum Gasteiger partial charge on any atom is 0.262 e. The highest BCUT2D eigenvalue weighted by Gasteiger charge is 2.32. The lowest BCUT2D eigenvalue weighted by Gasteiger charge is -2.41. The normalized spacial score (nSPS) is 20.5. The molecule has 3 aromatic heterocycles. The average molecular weight is 454 g/mol. The van der Waals surface area contributed by atoms with Crippen LogP contribution < -0.4 is 20.3 Å². The molecule has 9 nitrogen and oxygen atoms in total. The van der Waals surface area contributed by atoms with Crippen LogP contribution in [0, 0.1) is 24.6 Å². The number of halogens is 1. The number of aromatic nitrogens is 4. The molecule has 2 unspecified atom stereocenters. The Balaban J connectivity index is 1.37. The summed E-state index contributed by atoms with van der Waals surface area (Å²) in [6, 6.07) is 1.25. The number of imidazole rings is 1. The SMILES string of the molecule is CCOc1nc(N2CCC3CCNCC3C2)ncc1C(=O)Nc1cc(F)c2nc(C)cn2c1. The van der Waals surface area contributed by atoms with Gasteiger partial charge in [-0.05, 0) is 51.6 Å². The quantitative estimate of drug-likeness (QED) is 0.613. The van der Waals surface area contributed by atoms with Crippen LogP contribution in [0.5, 0.6) is 5.88 Å². The van der Waals surface area contributed by atoms with Crippen LogP contribution in [0.1, 0.15) is 35.8 Å². The third-order valence-electron chi connectivity index (χ3n) is 6.42. The van der Waals surface area contributed by atoms with E-state index in [-0.39, 0.29) is 17.1 Å². The fraction of sp³-hybridized carbons (Fsp3) is 0.478. The maximum absolute atomic E-state index is 14.4. The molecule has 2 saturated heterocycles. The number of hydrogen-bond acceptors (Lipinski definition) is 7. The minimum atomic E-state index is -0.516. The van der Waals surface area contributed by atoms with Crippen molar-refractivity contribution in [3.8, 4) is 5.88 Å². The summed E-state index contributed by atoms with van der Waals surface area (Å²) in [6.07, 6.45) is 7.14. The third-order valence-corrected chi connectivity index (χ3v) is 6.42. The summed E-state index contributed by atoms with van der Waals surface area (Å²) in [4.78, 5) is 28.4. The van der Waals surface area contributed by atoms with Crippen molar-refractivity contribution in [3.05, 3.63) is 41.7 Å². The van der Waals surface area contributed by atoms with Crippen LogP contribution in [-0.4, -0.2) is 58.0 Å². The molecule has 2 aliphatic rings. The summed E-state index contributed by atoms with van der Waals surface area (Å²) in [5, 5.41) is 6.20. The predicted molar refractivity (Wildman–Crippen MR) is 122 cm³/mol.